The van der Waals surface area contributed by atoms with Crippen molar-refractivity contribution in [2.24, 2.45) is 11.8 Å². The van der Waals surface area contributed by atoms with Gasteiger partial charge in [0.15, 0.2) is 0 Å². The minimum Gasteiger partial charge on any atom is -0.375 e. The van der Waals surface area contributed by atoms with E-state index in [2.05, 4.69) is 13.8 Å². The molecule has 0 saturated carbocycles. The second-order valence-corrected chi connectivity index (χ2v) is 5.06. The molecule has 1 amide bonds. The van der Waals surface area contributed by atoms with Crippen LogP contribution in [0.5, 0.6) is 0 Å². The first-order chi connectivity index (χ1) is 7.00. The SMILES string of the molecule is CC(C)CC1CN(C(=O)C(C)C)CCO1. The normalized spacial score (nSPS) is 22.5. The molecule has 0 N–H and O–H groups in total. The molecular formula is C12H23NO2. The molecule has 1 fully saturated rings. The van der Waals surface area contributed by atoms with Crippen molar-refractivity contribution in [2.45, 2.75) is 40.2 Å². The molecule has 1 aliphatic rings. The zero-order chi connectivity index (χ0) is 11.4. The van der Waals surface area contributed by atoms with E-state index in [0.29, 0.717) is 12.5 Å². The minimum absolute atomic E-state index is 0.0998. The van der Waals surface area contributed by atoms with Gasteiger partial charge in [0.1, 0.15) is 0 Å². The van der Waals surface area contributed by atoms with Crippen LogP contribution >= 0.6 is 0 Å². The van der Waals surface area contributed by atoms with Crippen LogP contribution in [0.15, 0.2) is 0 Å². The summed E-state index contributed by atoms with van der Waals surface area (Å²) in [7, 11) is 0. The lowest BCUT2D eigenvalue weighted by atomic mass is 10.0. The van der Waals surface area contributed by atoms with Gasteiger partial charge in [0.05, 0.1) is 12.7 Å². The lowest BCUT2D eigenvalue weighted by molar-refractivity contribution is -0.142. The third kappa shape index (κ3) is 3.82. The number of nitrogens with zero attached hydrogens (tertiary/aromatic N) is 1. The van der Waals surface area contributed by atoms with Gasteiger partial charge in [-0.25, -0.2) is 0 Å². The van der Waals surface area contributed by atoms with Crippen LogP contribution in [0.1, 0.15) is 34.1 Å². The highest BCUT2D eigenvalue weighted by atomic mass is 16.5. The molecule has 1 atom stereocenters. The van der Waals surface area contributed by atoms with Gasteiger partial charge in [-0.15, -0.1) is 0 Å². The summed E-state index contributed by atoms with van der Waals surface area (Å²) >= 11 is 0. The van der Waals surface area contributed by atoms with Gasteiger partial charge in [-0.3, -0.25) is 4.79 Å². The fourth-order valence-electron chi connectivity index (χ4n) is 1.95. The number of hydrogen-bond acceptors (Lipinski definition) is 2. The van der Waals surface area contributed by atoms with Gasteiger partial charge in [0.25, 0.3) is 0 Å². The Morgan fingerprint density at radius 2 is 2.07 bits per heavy atom. The maximum absolute atomic E-state index is 11.8. The van der Waals surface area contributed by atoms with E-state index >= 15 is 0 Å². The Labute approximate surface area is 92.8 Å². The van der Waals surface area contributed by atoms with Crippen molar-refractivity contribution in [1.29, 1.82) is 0 Å². The lowest BCUT2D eigenvalue weighted by Crippen LogP contribution is -2.47. The van der Waals surface area contributed by atoms with Crippen LogP contribution in [-0.2, 0) is 9.53 Å². The Hall–Kier alpha value is -0.570. The predicted molar refractivity (Wildman–Crippen MR) is 60.6 cm³/mol. The fourth-order valence-corrected chi connectivity index (χ4v) is 1.95. The summed E-state index contributed by atoms with van der Waals surface area (Å²) in [6.45, 7) is 10.5. The molecule has 1 saturated heterocycles. The maximum Gasteiger partial charge on any atom is 0.225 e. The van der Waals surface area contributed by atoms with Gasteiger partial charge in [-0.1, -0.05) is 27.7 Å². The van der Waals surface area contributed by atoms with E-state index in [4.69, 9.17) is 4.74 Å². The van der Waals surface area contributed by atoms with E-state index < -0.39 is 0 Å². The first kappa shape index (κ1) is 12.5. The topological polar surface area (TPSA) is 29.5 Å². The number of rotatable bonds is 3. The average molecular weight is 213 g/mol. The zero-order valence-electron chi connectivity index (χ0n) is 10.3. The molecule has 1 aliphatic heterocycles. The number of morpholine rings is 1. The van der Waals surface area contributed by atoms with E-state index in [1.165, 1.54) is 0 Å². The Kier molecular flexibility index (Phi) is 4.58. The molecule has 0 radical (unpaired) electrons. The molecule has 0 bridgehead atoms. The molecule has 0 aromatic carbocycles. The summed E-state index contributed by atoms with van der Waals surface area (Å²) in [5.74, 6) is 0.985. The van der Waals surface area contributed by atoms with E-state index in [-0.39, 0.29) is 17.9 Å². The number of ether oxygens (including phenoxy) is 1. The van der Waals surface area contributed by atoms with Crippen LogP contribution < -0.4 is 0 Å². The highest BCUT2D eigenvalue weighted by Gasteiger charge is 2.25. The van der Waals surface area contributed by atoms with Crippen LogP contribution in [0.2, 0.25) is 0 Å². The molecule has 1 heterocycles. The molecule has 0 aromatic heterocycles. The largest absolute Gasteiger partial charge is 0.375 e. The van der Waals surface area contributed by atoms with Gasteiger partial charge in [0, 0.05) is 19.0 Å². The van der Waals surface area contributed by atoms with Crippen LogP contribution in [0.25, 0.3) is 0 Å². The summed E-state index contributed by atoms with van der Waals surface area (Å²) in [5, 5.41) is 0. The smallest absolute Gasteiger partial charge is 0.225 e. The van der Waals surface area contributed by atoms with Crippen molar-refractivity contribution in [2.75, 3.05) is 19.7 Å². The number of amides is 1. The minimum atomic E-state index is 0.0998. The molecule has 0 spiro atoms. The summed E-state index contributed by atoms with van der Waals surface area (Å²) in [6.07, 6.45) is 1.28. The Morgan fingerprint density at radius 1 is 1.40 bits per heavy atom. The first-order valence-corrected chi connectivity index (χ1v) is 5.91. The van der Waals surface area contributed by atoms with Crippen molar-refractivity contribution >= 4 is 5.91 Å². The third-order valence-corrected chi connectivity index (χ3v) is 2.68. The molecule has 3 nitrogen and oxygen atoms in total. The highest BCUT2D eigenvalue weighted by Crippen LogP contribution is 2.15. The number of hydrogen-bond donors (Lipinski definition) is 0. The predicted octanol–water partition coefficient (Wildman–Crippen LogP) is 1.92. The summed E-state index contributed by atoms with van der Waals surface area (Å²) in [6, 6.07) is 0. The Morgan fingerprint density at radius 3 is 2.60 bits per heavy atom. The third-order valence-electron chi connectivity index (χ3n) is 2.68. The van der Waals surface area contributed by atoms with E-state index in [1.54, 1.807) is 0 Å². The van der Waals surface area contributed by atoms with Gasteiger partial charge in [-0.2, -0.15) is 0 Å². The molecule has 1 unspecified atom stereocenters. The summed E-state index contributed by atoms with van der Waals surface area (Å²) in [4.78, 5) is 13.7. The number of carbonyl (C=O) groups excluding carboxylic acids is 1. The van der Waals surface area contributed by atoms with Crippen LogP contribution in [0.4, 0.5) is 0 Å². The van der Waals surface area contributed by atoms with Crippen LogP contribution in [0.3, 0.4) is 0 Å². The molecule has 15 heavy (non-hydrogen) atoms. The Balaban J connectivity index is 2.45. The van der Waals surface area contributed by atoms with Gasteiger partial charge in [0.2, 0.25) is 5.91 Å². The first-order valence-electron chi connectivity index (χ1n) is 5.91. The second-order valence-electron chi connectivity index (χ2n) is 5.06. The molecule has 3 heteroatoms. The maximum atomic E-state index is 11.8. The van der Waals surface area contributed by atoms with E-state index in [9.17, 15) is 4.79 Å². The lowest BCUT2D eigenvalue weighted by Gasteiger charge is -2.34. The zero-order valence-corrected chi connectivity index (χ0v) is 10.3. The van der Waals surface area contributed by atoms with Crippen molar-refractivity contribution in [3.8, 4) is 0 Å². The van der Waals surface area contributed by atoms with Crippen molar-refractivity contribution in [3.63, 3.8) is 0 Å². The second kappa shape index (κ2) is 5.50. The molecule has 1 rings (SSSR count). The van der Waals surface area contributed by atoms with Crippen LogP contribution in [-0.4, -0.2) is 36.6 Å². The molecular weight excluding hydrogens is 190 g/mol. The standard InChI is InChI=1S/C12H23NO2/c1-9(2)7-11-8-13(5-6-15-11)12(14)10(3)4/h9-11H,5-8H2,1-4H3. The molecule has 88 valence electrons. The van der Waals surface area contributed by atoms with E-state index in [0.717, 1.165) is 19.5 Å². The Bertz CT molecular complexity index is 214. The van der Waals surface area contributed by atoms with Crippen molar-refractivity contribution < 1.29 is 9.53 Å². The van der Waals surface area contributed by atoms with Gasteiger partial charge in [-0.05, 0) is 12.3 Å². The quantitative estimate of drug-likeness (QED) is 0.717. The summed E-state index contributed by atoms with van der Waals surface area (Å²) < 4.78 is 5.66. The van der Waals surface area contributed by atoms with E-state index in [1.807, 2.05) is 18.7 Å². The molecule has 0 aliphatic carbocycles. The van der Waals surface area contributed by atoms with Crippen molar-refractivity contribution in [1.82, 2.24) is 4.90 Å². The summed E-state index contributed by atoms with van der Waals surface area (Å²) in [5.41, 5.74) is 0. The fraction of sp³-hybridized carbons (Fsp3) is 0.917. The average Bonchev–Trinajstić information content (AvgIpc) is 2.16. The van der Waals surface area contributed by atoms with Crippen LogP contribution in [0, 0.1) is 11.8 Å². The van der Waals surface area contributed by atoms with Gasteiger partial charge < -0.3 is 9.64 Å². The van der Waals surface area contributed by atoms with Crippen molar-refractivity contribution in [3.05, 3.63) is 0 Å². The van der Waals surface area contributed by atoms with Gasteiger partial charge >= 0.3 is 0 Å². The number of carbonyl (C=O) groups is 1. The monoisotopic (exact) mass is 213 g/mol. The highest BCUT2D eigenvalue weighted by molar-refractivity contribution is 5.78. The molecule has 0 aromatic rings.